The number of imide groups is 1. The summed E-state index contributed by atoms with van der Waals surface area (Å²) < 4.78 is 5.62. The van der Waals surface area contributed by atoms with Crippen LogP contribution in [-0.2, 0) is 14.3 Å². The number of anilines is 1. The highest BCUT2D eigenvalue weighted by molar-refractivity contribution is 6.35. The molecule has 3 amide bonds. The second kappa shape index (κ2) is 10.1. The largest absolute Gasteiger partial charge is 0.446 e. The second-order valence-corrected chi connectivity index (χ2v) is 9.28. The molecule has 9 heteroatoms. The van der Waals surface area contributed by atoms with Crippen molar-refractivity contribution in [2.24, 2.45) is 0 Å². The minimum absolute atomic E-state index is 0.116. The highest BCUT2D eigenvalue weighted by Gasteiger charge is 2.42. The summed E-state index contributed by atoms with van der Waals surface area (Å²) in [6, 6.07) is 15.0. The minimum Gasteiger partial charge on any atom is -0.446 e. The lowest BCUT2D eigenvalue weighted by Crippen LogP contribution is -2.44. The highest BCUT2D eigenvalue weighted by atomic mass is 35.5. The minimum atomic E-state index is -1.47. The lowest BCUT2D eigenvalue weighted by molar-refractivity contribution is -0.158. The molecule has 3 aromatic carbocycles. The number of ether oxygens (including phenoxy) is 1. The predicted molar refractivity (Wildman–Crippen MR) is 136 cm³/mol. The molecule has 1 N–H and O–H groups in total. The summed E-state index contributed by atoms with van der Waals surface area (Å²) in [5.74, 6) is -2.82. The Morgan fingerprint density at radius 1 is 0.889 bits per heavy atom. The van der Waals surface area contributed by atoms with E-state index in [1.165, 1.54) is 37.3 Å². The first kappa shape index (κ1) is 25.4. The van der Waals surface area contributed by atoms with Crippen LogP contribution in [0.3, 0.4) is 0 Å². The van der Waals surface area contributed by atoms with E-state index in [-0.39, 0.29) is 21.7 Å². The van der Waals surface area contributed by atoms with Crippen LogP contribution in [0.4, 0.5) is 5.69 Å². The Hall–Kier alpha value is -3.68. The molecule has 36 heavy (non-hydrogen) atoms. The van der Waals surface area contributed by atoms with Crippen LogP contribution in [-0.4, -0.2) is 34.6 Å². The van der Waals surface area contributed by atoms with E-state index < -0.39 is 35.8 Å². The van der Waals surface area contributed by atoms with Crippen LogP contribution >= 0.6 is 23.2 Å². The van der Waals surface area contributed by atoms with E-state index in [1.807, 2.05) is 32.0 Å². The number of amides is 3. The third kappa shape index (κ3) is 4.72. The van der Waals surface area contributed by atoms with E-state index in [2.05, 4.69) is 5.32 Å². The molecule has 1 aliphatic rings. The van der Waals surface area contributed by atoms with Crippen molar-refractivity contribution >= 4 is 52.6 Å². The Kier molecular flexibility index (Phi) is 7.15. The molecule has 0 radical (unpaired) electrons. The van der Waals surface area contributed by atoms with E-state index in [0.29, 0.717) is 10.7 Å². The van der Waals surface area contributed by atoms with Crippen molar-refractivity contribution in [2.45, 2.75) is 32.9 Å². The summed E-state index contributed by atoms with van der Waals surface area (Å²) in [5, 5.41) is 3.26. The van der Waals surface area contributed by atoms with Gasteiger partial charge in [0.2, 0.25) is 6.10 Å². The molecule has 0 unspecified atom stereocenters. The first-order valence-electron chi connectivity index (χ1n) is 11.1. The molecule has 0 bridgehead atoms. The topological polar surface area (TPSA) is 92.8 Å². The number of hydrogen-bond donors (Lipinski definition) is 1. The molecule has 1 aliphatic heterocycles. The van der Waals surface area contributed by atoms with E-state index in [1.54, 1.807) is 12.1 Å². The van der Waals surface area contributed by atoms with Gasteiger partial charge in [-0.05, 0) is 56.2 Å². The first-order valence-corrected chi connectivity index (χ1v) is 11.8. The Labute approximate surface area is 218 Å². The lowest BCUT2D eigenvalue weighted by atomic mass is 10.1. The maximum Gasteiger partial charge on any atom is 0.330 e. The van der Waals surface area contributed by atoms with Gasteiger partial charge in [0, 0.05) is 21.3 Å². The number of nitrogens with zero attached hydrogens (tertiary/aromatic N) is 1. The zero-order chi connectivity index (χ0) is 26.1. The molecule has 3 aromatic rings. The first-order chi connectivity index (χ1) is 17.1. The number of carbonyl (C=O) groups is 4. The van der Waals surface area contributed by atoms with Crippen LogP contribution in [0.15, 0.2) is 60.7 Å². The third-order valence-corrected chi connectivity index (χ3v) is 6.56. The normalized spacial score (nSPS) is 14.3. The molecule has 7 nitrogen and oxygen atoms in total. The Morgan fingerprint density at radius 2 is 1.47 bits per heavy atom. The lowest BCUT2D eigenvalue weighted by Gasteiger charge is -2.25. The van der Waals surface area contributed by atoms with Gasteiger partial charge in [-0.2, -0.15) is 0 Å². The summed E-state index contributed by atoms with van der Waals surface area (Å²) >= 11 is 12.4. The molecule has 1 heterocycles. The summed E-state index contributed by atoms with van der Waals surface area (Å²) in [7, 11) is 0. The van der Waals surface area contributed by atoms with E-state index in [9.17, 15) is 19.2 Å². The molecule has 0 fully saturated rings. The van der Waals surface area contributed by atoms with Gasteiger partial charge < -0.3 is 10.1 Å². The number of aryl methyl sites for hydroxylation is 2. The number of carbonyl (C=O) groups excluding carboxylic acids is 4. The van der Waals surface area contributed by atoms with Gasteiger partial charge in [0.05, 0.1) is 11.1 Å². The van der Waals surface area contributed by atoms with Crippen molar-refractivity contribution < 1.29 is 23.9 Å². The van der Waals surface area contributed by atoms with Crippen LogP contribution in [0.2, 0.25) is 10.0 Å². The van der Waals surface area contributed by atoms with Crippen LogP contribution in [0.5, 0.6) is 0 Å². The van der Waals surface area contributed by atoms with Crippen molar-refractivity contribution in [1.29, 1.82) is 0 Å². The van der Waals surface area contributed by atoms with E-state index in [0.717, 1.165) is 16.0 Å². The van der Waals surface area contributed by atoms with Gasteiger partial charge in [0.1, 0.15) is 6.04 Å². The zero-order valence-corrected chi connectivity index (χ0v) is 21.2. The summed E-state index contributed by atoms with van der Waals surface area (Å²) in [5.41, 5.74) is 2.80. The molecule has 4 rings (SSSR count). The van der Waals surface area contributed by atoms with E-state index in [4.69, 9.17) is 27.9 Å². The number of hydrogen-bond acceptors (Lipinski definition) is 5. The Bertz CT molecular complexity index is 1350. The van der Waals surface area contributed by atoms with Crippen molar-refractivity contribution in [2.75, 3.05) is 5.32 Å². The summed E-state index contributed by atoms with van der Waals surface area (Å²) in [6.07, 6.45) is -1.47. The number of fused-ring (bicyclic) bond motifs is 1. The van der Waals surface area contributed by atoms with Gasteiger partial charge in [-0.3, -0.25) is 19.3 Å². The fraction of sp³-hybridized carbons (Fsp3) is 0.185. The number of nitrogens with one attached hydrogen (secondary N) is 1. The molecular weight excluding hydrogens is 503 g/mol. The van der Waals surface area contributed by atoms with Crippen molar-refractivity contribution in [3.63, 3.8) is 0 Å². The van der Waals surface area contributed by atoms with Gasteiger partial charge in [-0.1, -0.05) is 59.6 Å². The molecular formula is C27H22Cl2N2O5. The molecule has 0 saturated heterocycles. The molecule has 2 atom stereocenters. The van der Waals surface area contributed by atoms with Crippen LogP contribution < -0.4 is 5.32 Å². The molecule has 0 aliphatic carbocycles. The van der Waals surface area contributed by atoms with Gasteiger partial charge in [0.15, 0.2) is 0 Å². The smallest absolute Gasteiger partial charge is 0.330 e. The average Bonchev–Trinajstić information content (AvgIpc) is 3.09. The molecule has 184 valence electrons. The van der Waals surface area contributed by atoms with Gasteiger partial charge in [-0.15, -0.1) is 0 Å². The highest BCUT2D eigenvalue weighted by Crippen LogP contribution is 2.32. The number of esters is 1. The summed E-state index contributed by atoms with van der Waals surface area (Å²) in [4.78, 5) is 53.1. The molecule has 0 aromatic heterocycles. The fourth-order valence-corrected chi connectivity index (χ4v) is 4.56. The van der Waals surface area contributed by atoms with Gasteiger partial charge in [0.25, 0.3) is 17.7 Å². The van der Waals surface area contributed by atoms with E-state index >= 15 is 0 Å². The van der Waals surface area contributed by atoms with Crippen molar-refractivity contribution in [3.8, 4) is 0 Å². The van der Waals surface area contributed by atoms with Crippen LogP contribution in [0.25, 0.3) is 0 Å². The molecule has 0 saturated carbocycles. The quantitative estimate of drug-likeness (QED) is 0.338. The Morgan fingerprint density at radius 3 is 2.03 bits per heavy atom. The fourth-order valence-electron chi connectivity index (χ4n) is 4.05. The van der Waals surface area contributed by atoms with Crippen molar-refractivity contribution in [1.82, 2.24) is 4.90 Å². The SMILES string of the molecule is Cc1cccc(C)c1NC(=O)[C@H](OC(=O)[C@H](C)N1C(=O)c2ccccc2C1=O)c1ccc(Cl)cc1Cl. The number of para-hydroxylation sites is 1. The van der Waals surface area contributed by atoms with Crippen LogP contribution in [0.1, 0.15) is 50.4 Å². The number of rotatable bonds is 6. The number of halogens is 2. The average molecular weight is 525 g/mol. The van der Waals surface area contributed by atoms with Gasteiger partial charge in [-0.25, -0.2) is 4.79 Å². The zero-order valence-electron chi connectivity index (χ0n) is 19.7. The standard InChI is InChI=1S/C27H22Cl2N2O5/c1-14-7-6-8-15(2)22(14)30-24(32)23(20-12-11-17(28)13-21(20)29)36-27(35)16(3)31-25(33)18-9-4-5-10-19(18)26(31)34/h4-13,16,23H,1-3H3,(H,30,32)/t16-,23+/m0/s1. The molecule has 0 spiro atoms. The Balaban J connectivity index is 1.64. The second-order valence-electron chi connectivity index (χ2n) is 8.44. The monoisotopic (exact) mass is 524 g/mol. The van der Waals surface area contributed by atoms with Crippen LogP contribution in [0, 0.1) is 13.8 Å². The maximum atomic E-state index is 13.4. The number of benzene rings is 3. The third-order valence-electron chi connectivity index (χ3n) is 6.00. The summed E-state index contributed by atoms with van der Waals surface area (Å²) in [6.45, 7) is 5.04. The predicted octanol–water partition coefficient (Wildman–Crippen LogP) is 5.52. The van der Waals surface area contributed by atoms with Gasteiger partial charge >= 0.3 is 5.97 Å². The maximum absolute atomic E-state index is 13.4. The van der Waals surface area contributed by atoms with Crippen molar-refractivity contribution in [3.05, 3.63) is 98.5 Å².